The molecule has 0 aliphatic heterocycles. The van der Waals surface area contributed by atoms with Gasteiger partial charge in [0.25, 0.3) is 5.56 Å². The smallest absolute Gasteiger partial charge is 0.336 e. The molecule has 176 valence electrons. The van der Waals surface area contributed by atoms with E-state index in [-0.39, 0.29) is 5.56 Å². The third-order valence-electron chi connectivity index (χ3n) is 6.42. The van der Waals surface area contributed by atoms with E-state index >= 15 is 0 Å². The SMILES string of the molecule is CCc1ccc(-n2c(SCc3cc(=O)oc4ccc5ccccc5c34)nc3ccccc3c2=O)cc1. The number of hydrogen-bond donors (Lipinski definition) is 0. The molecule has 6 rings (SSSR count). The molecule has 5 nitrogen and oxygen atoms in total. The van der Waals surface area contributed by atoms with Gasteiger partial charge in [0.05, 0.1) is 16.6 Å². The van der Waals surface area contributed by atoms with Gasteiger partial charge in [-0.3, -0.25) is 9.36 Å². The van der Waals surface area contributed by atoms with Crippen LogP contribution in [0, 0.1) is 0 Å². The monoisotopic (exact) mass is 490 g/mol. The molecule has 0 amide bonds. The zero-order chi connectivity index (χ0) is 24.6. The molecule has 0 fully saturated rings. The average Bonchev–Trinajstić information content (AvgIpc) is 2.91. The maximum absolute atomic E-state index is 13.6. The third-order valence-corrected chi connectivity index (χ3v) is 7.41. The minimum absolute atomic E-state index is 0.116. The quantitative estimate of drug-likeness (QED) is 0.119. The third kappa shape index (κ3) is 3.89. The molecule has 6 aromatic rings. The predicted molar refractivity (Wildman–Crippen MR) is 146 cm³/mol. The van der Waals surface area contributed by atoms with Crippen molar-refractivity contribution in [3.05, 3.63) is 123 Å². The topological polar surface area (TPSA) is 65.1 Å². The first kappa shape index (κ1) is 22.3. The molecular formula is C30H22N2O3S. The number of hydrogen-bond acceptors (Lipinski definition) is 5. The lowest BCUT2D eigenvalue weighted by molar-refractivity contribution is 0.560. The Morgan fingerprint density at radius 2 is 1.61 bits per heavy atom. The molecule has 0 aliphatic carbocycles. The molecule has 36 heavy (non-hydrogen) atoms. The van der Waals surface area contributed by atoms with Crippen LogP contribution in [-0.4, -0.2) is 9.55 Å². The second kappa shape index (κ2) is 9.13. The molecule has 4 aromatic carbocycles. The Morgan fingerprint density at radius 3 is 2.42 bits per heavy atom. The van der Waals surface area contributed by atoms with E-state index in [4.69, 9.17) is 9.40 Å². The minimum Gasteiger partial charge on any atom is -0.423 e. The predicted octanol–water partition coefficient (Wildman–Crippen LogP) is 6.50. The second-order valence-corrected chi connectivity index (χ2v) is 9.55. The fourth-order valence-electron chi connectivity index (χ4n) is 4.59. The Balaban J connectivity index is 1.51. The van der Waals surface area contributed by atoms with Crippen LogP contribution < -0.4 is 11.2 Å². The average molecular weight is 491 g/mol. The number of thioether (sulfide) groups is 1. The van der Waals surface area contributed by atoms with Crippen molar-refractivity contribution in [2.75, 3.05) is 0 Å². The summed E-state index contributed by atoms with van der Waals surface area (Å²) < 4.78 is 7.18. The van der Waals surface area contributed by atoms with Crippen molar-refractivity contribution >= 4 is 44.4 Å². The Hall–Kier alpha value is -4.16. The highest BCUT2D eigenvalue weighted by atomic mass is 32.2. The highest BCUT2D eigenvalue weighted by Gasteiger charge is 2.16. The van der Waals surface area contributed by atoms with E-state index in [1.54, 1.807) is 16.7 Å². The van der Waals surface area contributed by atoms with Crippen molar-refractivity contribution < 1.29 is 4.42 Å². The first-order chi connectivity index (χ1) is 17.6. The number of aryl methyl sites for hydroxylation is 1. The van der Waals surface area contributed by atoms with E-state index < -0.39 is 5.63 Å². The van der Waals surface area contributed by atoms with Crippen LogP contribution in [-0.2, 0) is 12.2 Å². The molecule has 2 aromatic heterocycles. The number of benzene rings is 4. The van der Waals surface area contributed by atoms with E-state index in [0.717, 1.165) is 33.8 Å². The Labute approximate surface area is 211 Å². The van der Waals surface area contributed by atoms with Gasteiger partial charge >= 0.3 is 5.63 Å². The highest BCUT2D eigenvalue weighted by Crippen LogP contribution is 2.32. The lowest BCUT2D eigenvalue weighted by atomic mass is 10.0. The normalized spacial score (nSPS) is 11.5. The van der Waals surface area contributed by atoms with Crippen LogP contribution in [0.4, 0.5) is 0 Å². The number of para-hydroxylation sites is 1. The maximum Gasteiger partial charge on any atom is 0.336 e. The van der Waals surface area contributed by atoms with Gasteiger partial charge in [-0.15, -0.1) is 0 Å². The minimum atomic E-state index is -0.396. The molecule has 0 saturated carbocycles. The number of rotatable bonds is 5. The summed E-state index contributed by atoms with van der Waals surface area (Å²) >= 11 is 1.44. The van der Waals surface area contributed by atoms with Crippen molar-refractivity contribution in [2.45, 2.75) is 24.3 Å². The highest BCUT2D eigenvalue weighted by molar-refractivity contribution is 7.98. The van der Waals surface area contributed by atoms with Gasteiger partial charge in [-0.05, 0) is 58.7 Å². The molecule has 0 bridgehead atoms. The number of nitrogens with zero attached hydrogens (tertiary/aromatic N) is 2. The summed E-state index contributed by atoms with van der Waals surface area (Å²) in [4.78, 5) is 30.8. The van der Waals surface area contributed by atoms with E-state index in [0.29, 0.717) is 27.4 Å². The van der Waals surface area contributed by atoms with Gasteiger partial charge in [-0.25, -0.2) is 9.78 Å². The molecule has 0 atom stereocenters. The lowest BCUT2D eigenvalue weighted by Gasteiger charge is -2.14. The van der Waals surface area contributed by atoms with Crippen molar-refractivity contribution in [3.8, 4) is 5.69 Å². The summed E-state index contributed by atoms with van der Waals surface area (Å²) in [7, 11) is 0. The van der Waals surface area contributed by atoms with Crippen LogP contribution in [0.15, 0.2) is 110 Å². The fourth-order valence-corrected chi connectivity index (χ4v) is 5.59. The van der Waals surface area contributed by atoms with E-state index in [9.17, 15) is 9.59 Å². The first-order valence-electron chi connectivity index (χ1n) is 11.8. The lowest BCUT2D eigenvalue weighted by Crippen LogP contribution is -2.21. The standard InChI is InChI=1S/C30H22N2O3S/c1-2-19-11-14-22(15-12-19)32-29(34)24-9-5-6-10-25(24)31-30(32)36-18-21-17-27(33)35-26-16-13-20-7-3-4-8-23(20)28(21)26/h3-17H,2,18H2,1H3. The van der Waals surface area contributed by atoms with Crippen LogP contribution in [0.5, 0.6) is 0 Å². The Bertz CT molecular complexity index is 1870. The number of aromatic nitrogens is 2. The van der Waals surface area contributed by atoms with E-state index in [2.05, 4.69) is 6.92 Å². The van der Waals surface area contributed by atoms with Crippen LogP contribution in [0.2, 0.25) is 0 Å². The zero-order valence-electron chi connectivity index (χ0n) is 19.6. The second-order valence-electron chi connectivity index (χ2n) is 8.61. The molecule has 0 saturated heterocycles. The fraction of sp³-hybridized carbons (Fsp3) is 0.100. The first-order valence-corrected chi connectivity index (χ1v) is 12.8. The molecule has 0 radical (unpaired) electrons. The van der Waals surface area contributed by atoms with Gasteiger partial charge in [0, 0.05) is 17.2 Å². The molecule has 0 unspecified atom stereocenters. The van der Waals surface area contributed by atoms with Crippen molar-refractivity contribution in [1.82, 2.24) is 9.55 Å². The van der Waals surface area contributed by atoms with Gasteiger partial charge in [0.1, 0.15) is 5.58 Å². The molecular weight excluding hydrogens is 468 g/mol. The van der Waals surface area contributed by atoms with Crippen molar-refractivity contribution in [3.63, 3.8) is 0 Å². The molecule has 0 N–H and O–H groups in total. The number of fused-ring (bicyclic) bond motifs is 4. The van der Waals surface area contributed by atoms with Gasteiger partial charge in [0.15, 0.2) is 5.16 Å². The summed E-state index contributed by atoms with van der Waals surface area (Å²) in [5.74, 6) is 0.452. The molecule has 2 heterocycles. The Kier molecular flexibility index (Phi) is 5.66. The molecule has 0 spiro atoms. The van der Waals surface area contributed by atoms with Crippen LogP contribution in [0.25, 0.3) is 38.3 Å². The Morgan fingerprint density at radius 1 is 0.861 bits per heavy atom. The van der Waals surface area contributed by atoms with Crippen LogP contribution in [0.1, 0.15) is 18.1 Å². The summed E-state index contributed by atoms with van der Waals surface area (Å²) in [6, 6.07) is 28.8. The molecule has 0 aliphatic rings. The van der Waals surface area contributed by atoms with Crippen LogP contribution in [0.3, 0.4) is 0 Å². The van der Waals surface area contributed by atoms with E-state index in [1.165, 1.54) is 17.3 Å². The largest absolute Gasteiger partial charge is 0.423 e. The van der Waals surface area contributed by atoms with Crippen molar-refractivity contribution in [2.24, 2.45) is 0 Å². The molecule has 6 heteroatoms. The van der Waals surface area contributed by atoms with E-state index in [1.807, 2.05) is 78.9 Å². The van der Waals surface area contributed by atoms with Gasteiger partial charge in [-0.1, -0.05) is 73.3 Å². The van der Waals surface area contributed by atoms with Gasteiger partial charge in [-0.2, -0.15) is 0 Å². The maximum atomic E-state index is 13.6. The van der Waals surface area contributed by atoms with Gasteiger partial charge in [0.2, 0.25) is 0 Å². The summed E-state index contributed by atoms with van der Waals surface area (Å²) in [5, 5.41) is 4.14. The zero-order valence-corrected chi connectivity index (χ0v) is 20.4. The summed E-state index contributed by atoms with van der Waals surface area (Å²) in [5.41, 5.74) is 3.50. The summed E-state index contributed by atoms with van der Waals surface area (Å²) in [6.07, 6.45) is 0.921. The van der Waals surface area contributed by atoms with Crippen molar-refractivity contribution in [1.29, 1.82) is 0 Å². The van der Waals surface area contributed by atoms with Crippen LogP contribution >= 0.6 is 11.8 Å². The summed E-state index contributed by atoms with van der Waals surface area (Å²) in [6.45, 7) is 2.10. The van der Waals surface area contributed by atoms with Gasteiger partial charge < -0.3 is 4.42 Å².